The Kier molecular flexibility index (Phi) is 5.33. The molecule has 8 heteroatoms. The number of amides is 1. The normalized spacial score (nSPS) is 14.1. The van der Waals surface area contributed by atoms with Crippen LogP contribution in [-0.4, -0.2) is 56.7 Å². The first-order chi connectivity index (χ1) is 14.1. The standard InChI is InChI=1S/C21H22N6O2/c1-16-7-8-20(28)27(24-16)14-21(29)26-11-9-25(10-12-26)19-13-18(22-15-23-19)17-5-3-2-4-6-17/h2-8,13,15H,9-12,14H2,1H3. The second kappa shape index (κ2) is 8.22. The summed E-state index contributed by atoms with van der Waals surface area (Å²) in [6.45, 7) is 4.26. The first-order valence-electron chi connectivity index (χ1n) is 9.55. The van der Waals surface area contributed by atoms with E-state index in [0.717, 1.165) is 17.1 Å². The van der Waals surface area contributed by atoms with Gasteiger partial charge >= 0.3 is 0 Å². The van der Waals surface area contributed by atoms with Crippen LogP contribution in [0.1, 0.15) is 5.69 Å². The van der Waals surface area contributed by atoms with Crippen molar-refractivity contribution in [1.29, 1.82) is 0 Å². The van der Waals surface area contributed by atoms with E-state index in [1.54, 1.807) is 24.2 Å². The Hall–Kier alpha value is -3.55. The molecule has 0 saturated carbocycles. The molecule has 0 spiro atoms. The second-order valence-electron chi connectivity index (χ2n) is 6.97. The monoisotopic (exact) mass is 390 g/mol. The molecule has 1 aromatic carbocycles. The molecule has 3 aromatic rings. The van der Waals surface area contributed by atoms with Crippen LogP contribution in [0.2, 0.25) is 0 Å². The summed E-state index contributed by atoms with van der Waals surface area (Å²) in [7, 11) is 0. The Morgan fingerprint density at radius 1 is 1.00 bits per heavy atom. The summed E-state index contributed by atoms with van der Waals surface area (Å²) in [5.41, 5.74) is 2.36. The lowest BCUT2D eigenvalue weighted by Gasteiger charge is -2.35. The number of carbonyl (C=O) groups excluding carboxylic acids is 1. The molecule has 0 unspecified atom stereocenters. The zero-order valence-electron chi connectivity index (χ0n) is 16.2. The van der Waals surface area contributed by atoms with Crippen molar-refractivity contribution >= 4 is 11.7 Å². The van der Waals surface area contributed by atoms with Gasteiger partial charge in [0.1, 0.15) is 18.7 Å². The van der Waals surface area contributed by atoms with E-state index < -0.39 is 0 Å². The van der Waals surface area contributed by atoms with E-state index >= 15 is 0 Å². The number of anilines is 1. The summed E-state index contributed by atoms with van der Waals surface area (Å²) in [4.78, 5) is 37.2. The van der Waals surface area contributed by atoms with Crippen molar-refractivity contribution < 1.29 is 4.79 Å². The van der Waals surface area contributed by atoms with Crippen LogP contribution in [0.4, 0.5) is 5.82 Å². The summed E-state index contributed by atoms with van der Waals surface area (Å²) in [5.74, 6) is 0.750. The second-order valence-corrected chi connectivity index (χ2v) is 6.97. The maximum Gasteiger partial charge on any atom is 0.267 e. The number of rotatable bonds is 4. The first-order valence-corrected chi connectivity index (χ1v) is 9.55. The van der Waals surface area contributed by atoms with Gasteiger partial charge in [-0.2, -0.15) is 5.10 Å². The van der Waals surface area contributed by atoms with Crippen LogP contribution in [-0.2, 0) is 11.3 Å². The van der Waals surface area contributed by atoms with Crippen LogP contribution in [0.15, 0.2) is 59.7 Å². The van der Waals surface area contributed by atoms with Gasteiger partial charge in [0.25, 0.3) is 5.56 Å². The number of hydrogen-bond acceptors (Lipinski definition) is 6. The molecule has 1 aliphatic heterocycles. The van der Waals surface area contributed by atoms with Gasteiger partial charge in [-0.1, -0.05) is 30.3 Å². The summed E-state index contributed by atoms with van der Waals surface area (Å²) in [5, 5.41) is 4.14. The predicted molar refractivity (Wildman–Crippen MR) is 109 cm³/mol. The zero-order chi connectivity index (χ0) is 20.2. The number of piperazine rings is 1. The number of aryl methyl sites for hydroxylation is 1. The average Bonchev–Trinajstić information content (AvgIpc) is 2.77. The fourth-order valence-corrected chi connectivity index (χ4v) is 3.36. The fourth-order valence-electron chi connectivity index (χ4n) is 3.36. The summed E-state index contributed by atoms with van der Waals surface area (Å²) < 4.78 is 1.22. The first kappa shape index (κ1) is 18.8. The van der Waals surface area contributed by atoms with E-state index in [4.69, 9.17) is 0 Å². The molecule has 0 bridgehead atoms. The topological polar surface area (TPSA) is 84.2 Å². The van der Waals surface area contributed by atoms with Gasteiger partial charge in [-0.25, -0.2) is 14.6 Å². The van der Waals surface area contributed by atoms with E-state index in [9.17, 15) is 9.59 Å². The van der Waals surface area contributed by atoms with Crippen LogP contribution in [0, 0.1) is 6.92 Å². The van der Waals surface area contributed by atoms with Crippen molar-refractivity contribution in [3.8, 4) is 11.3 Å². The number of benzene rings is 1. The highest BCUT2D eigenvalue weighted by Gasteiger charge is 2.23. The molecule has 4 rings (SSSR count). The van der Waals surface area contributed by atoms with E-state index in [2.05, 4.69) is 20.0 Å². The molecule has 0 atom stereocenters. The van der Waals surface area contributed by atoms with E-state index in [1.807, 2.05) is 36.4 Å². The van der Waals surface area contributed by atoms with Crippen molar-refractivity contribution in [3.63, 3.8) is 0 Å². The molecule has 0 N–H and O–H groups in total. The smallest absolute Gasteiger partial charge is 0.267 e. The molecule has 1 fully saturated rings. The maximum absolute atomic E-state index is 12.6. The number of nitrogens with zero attached hydrogens (tertiary/aromatic N) is 6. The minimum absolute atomic E-state index is 0.0355. The molecule has 1 amide bonds. The Labute approximate surface area is 168 Å². The summed E-state index contributed by atoms with van der Waals surface area (Å²) in [6.07, 6.45) is 1.57. The largest absolute Gasteiger partial charge is 0.353 e. The molecule has 1 aliphatic rings. The van der Waals surface area contributed by atoms with Crippen LogP contribution in [0.3, 0.4) is 0 Å². The maximum atomic E-state index is 12.6. The van der Waals surface area contributed by atoms with Gasteiger partial charge in [-0.3, -0.25) is 9.59 Å². The molecule has 2 aromatic heterocycles. The van der Waals surface area contributed by atoms with Crippen molar-refractivity contribution in [3.05, 3.63) is 70.9 Å². The molecule has 8 nitrogen and oxygen atoms in total. The lowest BCUT2D eigenvalue weighted by atomic mass is 10.1. The highest BCUT2D eigenvalue weighted by molar-refractivity contribution is 5.76. The lowest BCUT2D eigenvalue weighted by molar-refractivity contribution is -0.132. The molecule has 1 saturated heterocycles. The highest BCUT2D eigenvalue weighted by atomic mass is 16.2. The molecule has 3 heterocycles. The quantitative estimate of drug-likeness (QED) is 0.669. The van der Waals surface area contributed by atoms with Crippen LogP contribution >= 0.6 is 0 Å². The predicted octanol–water partition coefficient (Wildman–Crippen LogP) is 1.36. The van der Waals surface area contributed by atoms with Crippen molar-refractivity contribution in [2.45, 2.75) is 13.5 Å². The molecule has 148 valence electrons. The van der Waals surface area contributed by atoms with E-state index in [-0.39, 0.29) is 18.0 Å². The number of hydrogen-bond donors (Lipinski definition) is 0. The van der Waals surface area contributed by atoms with E-state index in [1.165, 1.54) is 10.7 Å². The van der Waals surface area contributed by atoms with Gasteiger partial charge in [0.05, 0.1) is 11.4 Å². The van der Waals surface area contributed by atoms with Gasteiger partial charge < -0.3 is 9.80 Å². The SMILES string of the molecule is Cc1ccc(=O)n(CC(=O)N2CCN(c3cc(-c4ccccc4)ncn3)CC2)n1. The average molecular weight is 390 g/mol. The van der Waals surface area contributed by atoms with Crippen LogP contribution in [0.25, 0.3) is 11.3 Å². The summed E-state index contributed by atoms with van der Waals surface area (Å²) >= 11 is 0. The molecule has 29 heavy (non-hydrogen) atoms. The number of aromatic nitrogens is 4. The summed E-state index contributed by atoms with van der Waals surface area (Å²) in [6, 6.07) is 15.0. The van der Waals surface area contributed by atoms with Gasteiger partial charge in [0.15, 0.2) is 0 Å². The van der Waals surface area contributed by atoms with Crippen LogP contribution in [0.5, 0.6) is 0 Å². The third-order valence-corrected chi connectivity index (χ3v) is 4.96. The van der Waals surface area contributed by atoms with Crippen molar-refractivity contribution in [2.75, 3.05) is 31.1 Å². The van der Waals surface area contributed by atoms with Crippen molar-refractivity contribution in [2.24, 2.45) is 0 Å². The van der Waals surface area contributed by atoms with Gasteiger partial charge in [-0.05, 0) is 13.0 Å². The third kappa shape index (κ3) is 4.31. The third-order valence-electron chi connectivity index (χ3n) is 4.96. The number of carbonyl (C=O) groups is 1. The molecule has 0 radical (unpaired) electrons. The fraction of sp³-hybridized carbons (Fsp3) is 0.286. The van der Waals surface area contributed by atoms with Crippen molar-refractivity contribution in [1.82, 2.24) is 24.6 Å². The Bertz CT molecular complexity index is 1060. The van der Waals surface area contributed by atoms with Gasteiger partial charge in [0.2, 0.25) is 5.91 Å². The van der Waals surface area contributed by atoms with Gasteiger partial charge in [0, 0.05) is 43.9 Å². The van der Waals surface area contributed by atoms with Crippen LogP contribution < -0.4 is 10.5 Å². The van der Waals surface area contributed by atoms with E-state index in [0.29, 0.717) is 31.9 Å². The lowest BCUT2D eigenvalue weighted by Crippen LogP contribution is -2.50. The molecule has 0 aliphatic carbocycles. The molecular weight excluding hydrogens is 368 g/mol. The minimum atomic E-state index is -0.267. The Morgan fingerprint density at radius 3 is 2.52 bits per heavy atom. The highest BCUT2D eigenvalue weighted by Crippen LogP contribution is 2.21. The zero-order valence-corrected chi connectivity index (χ0v) is 16.2. The molecular formula is C21H22N6O2. The Balaban J connectivity index is 1.40. The minimum Gasteiger partial charge on any atom is -0.353 e. The Morgan fingerprint density at radius 2 is 1.76 bits per heavy atom. The van der Waals surface area contributed by atoms with Gasteiger partial charge in [-0.15, -0.1) is 0 Å².